The van der Waals surface area contributed by atoms with E-state index in [2.05, 4.69) is 10.1 Å². The lowest BCUT2D eigenvalue weighted by atomic mass is 10.1. The van der Waals surface area contributed by atoms with E-state index in [9.17, 15) is 4.79 Å². The molecule has 0 aliphatic heterocycles. The summed E-state index contributed by atoms with van der Waals surface area (Å²) in [5, 5.41) is 4.31. The van der Waals surface area contributed by atoms with Crippen molar-refractivity contribution >= 4 is 17.5 Å². The van der Waals surface area contributed by atoms with Crippen molar-refractivity contribution in [1.29, 1.82) is 0 Å². The molecule has 0 atom stereocenters. The maximum atomic E-state index is 12.2. The molecule has 0 spiro atoms. The van der Waals surface area contributed by atoms with Gasteiger partial charge < -0.3 is 14.2 Å². The number of nitrogens with zero attached hydrogens (tertiary/aromatic N) is 3. The molecule has 0 aliphatic rings. The number of aryl methyl sites for hydroxylation is 1. The van der Waals surface area contributed by atoms with Gasteiger partial charge >= 0.3 is 0 Å². The number of carbonyl (C=O) groups is 1. The van der Waals surface area contributed by atoms with Crippen LogP contribution < -0.4 is 4.74 Å². The molecule has 22 heavy (non-hydrogen) atoms. The van der Waals surface area contributed by atoms with E-state index < -0.39 is 0 Å². The van der Waals surface area contributed by atoms with Gasteiger partial charge in [0.2, 0.25) is 11.8 Å². The molecule has 0 saturated heterocycles. The number of aromatic nitrogens is 2. The Labute approximate surface area is 134 Å². The van der Waals surface area contributed by atoms with E-state index in [4.69, 9.17) is 20.9 Å². The zero-order valence-corrected chi connectivity index (χ0v) is 13.6. The second kappa shape index (κ2) is 7.26. The Hall–Kier alpha value is -2.08. The predicted molar refractivity (Wildman–Crippen MR) is 81.9 cm³/mol. The van der Waals surface area contributed by atoms with Crippen LogP contribution in [0.5, 0.6) is 5.75 Å². The second-order valence-electron chi connectivity index (χ2n) is 4.84. The largest absolute Gasteiger partial charge is 0.497 e. The summed E-state index contributed by atoms with van der Waals surface area (Å²) in [6.07, 6.45) is 0.900. The number of ether oxygens (including phenoxy) is 1. The highest BCUT2D eigenvalue weighted by Crippen LogP contribution is 2.23. The fraction of sp³-hybridized carbons (Fsp3) is 0.400. The summed E-state index contributed by atoms with van der Waals surface area (Å²) in [6.45, 7) is 2.22. The van der Waals surface area contributed by atoms with Gasteiger partial charge in [0.05, 0.1) is 20.1 Å². The SMILES string of the molecule is CCc1noc(CN(C)C(=O)Cc2ccc(OC)cc2Cl)n1. The molecule has 0 fully saturated rings. The third kappa shape index (κ3) is 3.98. The Bertz CT molecular complexity index is 657. The second-order valence-corrected chi connectivity index (χ2v) is 5.25. The van der Waals surface area contributed by atoms with E-state index in [1.54, 1.807) is 32.4 Å². The maximum Gasteiger partial charge on any atom is 0.246 e. The molecule has 0 unspecified atom stereocenters. The quantitative estimate of drug-likeness (QED) is 0.817. The fourth-order valence-electron chi connectivity index (χ4n) is 1.89. The van der Waals surface area contributed by atoms with E-state index >= 15 is 0 Å². The number of methoxy groups -OCH3 is 1. The number of rotatable bonds is 6. The Morgan fingerprint density at radius 3 is 2.82 bits per heavy atom. The fourth-order valence-corrected chi connectivity index (χ4v) is 2.12. The number of benzene rings is 1. The predicted octanol–water partition coefficient (Wildman–Crippen LogP) is 2.50. The normalized spacial score (nSPS) is 10.5. The number of likely N-dealkylation sites (N-methyl/N-ethyl adjacent to an activating group) is 1. The molecule has 0 aliphatic carbocycles. The average molecular weight is 324 g/mol. The third-order valence-corrected chi connectivity index (χ3v) is 3.58. The first kappa shape index (κ1) is 16.3. The van der Waals surface area contributed by atoms with Crippen molar-refractivity contribution in [3.8, 4) is 5.75 Å². The number of amides is 1. The lowest BCUT2D eigenvalue weighted by Crippen LogP contribution is -2.28. The van der Waals surface area contributed by atoms with Crippen molar-refractivity contribution in [3.63, 3.8) is 0 Å². The summed E-state index contributed by atoms with van der Waals surface area (Å²) < 4.78 is 10.2. The Morgan fingerprint density at radius 2 is 2.23 bits per heavy atom. The van der Waals surface area contributed by atoms with Crippen LogP contribution in [0.2, 0.25) is 5.02 Å². The van der Waals surface area contributed by atoms with E-state index in [-0.39, 0.29) is 18.9 Å². The van der Waals surface area contributed by atoms with E-state index in [0.717, 1.165) is 5.56 Å². The van der Waals surface area contributed by atoms with Gasteiger partial charge in [0.1, 0.15) is 5.75 Å². The molecule has 1 heterocycles. The minimum absolute atomic E-state index is 0.0803. The monoisotopic (exact) mass is 323 g/mol. The van der Waals surface area contributed by atoms with Gasteiger partial charge in [0.15, 0.2) is 5.82 Å². The number of hydrogen-bond acceptors (Lipinski definition) is 5. The summed E-state index contributed by atoms with van der Waals surface area (Å²) >= 11 is 6.15. The zero-order valence-electron chi connectivity index (χ0n) is 12.8. The third-order valence-electron chi connectivity index (χ3n) is 3.23. The molecular formula is C15H18ClN3O3. The summed E-state index contributed by atoms with van der Waals surface area (Å²) in [7, 11) is 3.26. The van der Waals surface area contributed by atoms with Gasteiger partial charge in [0, 0.05) is 18.5 Å². The van der Waals surface area contributed by atoms with E-state index in [1.807, 2.05) is 6.92 Å². The summed E-state index contributed by atoms with van der Waals surface area (Å²) in [6, 6.07) is 5.25. The van der Waals surface area contributed by atoms with Crippen molar-refractivity contribution in [2.75, 3.05) is 14.2 Å². The molecule has 7 heteroatoms. The minimum Gasteiger partial charge on any atom is -0.497 e. The van der Waals surface area contributed by atoms with Gasteiger partial charge in [0.25, 0.3) is 0 Å². The molecule has 118 valence electrons. The number of carbonyl (C=O) groups excluding carboxylic acids is 1. The van der Waals surface area contributed by atoms with Gasteiger partial charge in [-0.25, -0.2) is 0 Å². The maximum absolute atomic E-state index is 12.2. The number of halogens is 1. The first-order chi connectivity index (χ1) is 10.5. The van der Waals surface area contributed by atoms with Gasteiger partial charge in [-0.2, -0.15) is 4.98 Å². The van der Waals surface area contributed by atoms with Gasteiger partial charge in [-0.3, -0.25) is 4.79 Å². The molecule has 2 aromatic rings. The molecule has 2 rings (SSSR count). The Kier molecular flexibility index (Phi) is 5.38. The molecular weight excluding hydrogens is 306 g/mol. The first-order valence-electron chi connectivity index (χ1n) is 6.91. The zero-order chi connectivity index (χ0) is 16.1. The van der Waals surface area contributed by atoms with Crippen LogP contribution in [0, 0.1) is 0 Å². The molecule has 0 bridgehead atoms. The van der Waals surface area contributed by atoms with Crippen LogP contribution in [-0.2, 0) is 24.2 Å². The van der Waals surface area contributed by atoms with Crippen molar-refractivity contribution in [2.45, 2.75) is 26.3 Å². The van der Waals surface area contributed by atoms with Crippen LogP contribution in [0.15, 0.2) is 22.7 Å². The molecule has 1 amide bonds. The first-order valence-corrected chi connectivity index (χ1v) is 7.29. The van der Waals surface area contributed by atoms with Crippen LogP contribution in [0.1, 0.15) is 24.2 Å². The Balaban J connectivity index is 1.99. The lowest BCUT2D eigenvalue weighted by molar-refractivity contribution is -0.130. The van der Waals surface area contributed by atoms with E-state index in [1.165, 1.54) is 4.90 Å². The van der Waals surface area contributed by atoms with Crippen molar-refractivity contribution in [1.82, 2.24) is 15.0 Å². The van der Waals surface area contributed by atoms with Gasteiger partial charge in [-0.05, 0) is 17.7 Å². The summed E-state index contributed by atoms with van der Waals surface area (Å²) in [5.41, 5.74) is 0.749. The van der Waals surface area contributed by atoms with Crippen LogP contribution in [0.3, 0.4) is 0 Å². The van der Waals surface area contributed by atoms with Crippen molar-refractivity contribution in [3.05, 3.63) is 40.5 Å². The summed E-state index contributed by atoms with van der Waals surface area (Å²) in [4.78, 5) is 18.0. The molecule has 1 aromatic heterocycles. The molecule has 0 radical (unpaired) electrons. The van der Waals surface area contributed by atoms with Gasteiger partial charge in [-0.1, -0.05) is 29.7 Å². The van der Waals surface area contributed by atoms with Crippen LogP contribution in [-0.4, -0.2) is 35.1 Å². The van der Waals surface area contributed by atoms with Gasteiger partial charge in [-0.15, -0.1) is 0 Å². The molecule has 0 saturated carbocycles. The highest BCUT2D eigenvalue weighted by molar-refractivity contribution is 6.31. The van der Waals surface area contributed by atoms with Crippen molar-refractivity contribution in [2.24, 2.45) is 0 Å². The van der Waals surface area contributed by atoms with Crippen LogP contribution >= 0.6 is 11.6 Å². The topological polar surface area (TPSA) is 68.5 Å². The molecule has 6 nitrogen and oxygen atoms in total. The smallest absolute Gasteiger partial charge is 0.246 e. The Morgan fingerprint density at radius 1 is 1.45 bits per heavy atom. The highest BCUT2D eigenvalue weighted by Gasteiger charge is 2.15. The molecule has 0 N–H and O–H groups in total. The standard InChI is InChI=1S/C15H18ClN3O3/c1-4-13-17-14(22-18-13)9-19(2)15(20)7-10-5-6-11(21-3)8-12(10)16/h5-6,8H,4,7,9H2,1-3H3. The van der Waals surface area contributed by atoms with Crippen molar-refractivity contribution < 1.29 is 14.1 Å². The number of hydrogen-bond donors (Lipinski definition) is 0. The van der Waals surface area contributed by atoms with Crippen LogP contribution in [0.4, 0.5) is 0 Å². The minimum atomic E-state index is -0.0803. The highest BCUT2D eigenvalue weighted by atomic mass is 35.5. The van der Waals surface area contributed by atoms with Crippen LogP contribution in [0.25, 0.3) is 0 Å². The van der Waals surface area contributed by atoms with E-state index in [0.29, 0.717) is 28.9 Å². The lowest BCUT2D eigenvalue weighted by Gasteiger charge is -2.15. The average Bonchev–Trinajstić information content (AvgIpc) is 2.96. The summed E-state index contributed by atoms with van der Waals surface area (Å²) in [5.74, 6) is 1.64. The molecule has 1 aromatic carbocycles.